The zero-order valence-electron chi connectivity index (χ0n) is 11.9. The molecule has 3 rings (SSSR count). The van der Waals surface area contributed by atoms with E-state index in [1.807, 2.05) is 35.2 Å². The number of aromatic nitrogens is 1. The van der Waals surface area contributed by atoms with E-state index in [2.05, 4.69) is 9.88 Å². The minimum absolute atomic E-state index is 0.579. The normalized spacial score (nSPS) is 16.0. The Morgan fingerprint density at radius 1 is 0.818 bits per heavy atom. The lowest BCUT2D eigenvalue weighted by Gasteiger charge is -2.37. The van der Waals surface area contributed by atoms with Gasteiger partial charge in [-0.05, 0) is 24.3 Å². The molecule has 6 heteroatoms. The molecule has 0 unspecified atom stereocenters. The first-order chi connectivity index (χ1) is 10.5. The average Bonchev–Trinajstić information content (AvgIpc) is 2.55. The summed E-state index contributed by atoms with van der Waals surface area (Å²) < 4.78 is 38.2. The Balaban J connectivity index is 1.69. The number of hydrogen-bond acceptors (Lipinski definition) is 3. The Kier molecular flexibility index (Phi) is 3.92. The van der Waals surface area contributed by atoms with Crippen molar-refractivity contribution in [3.63, 3.8) is 0 Å². The highest BCUT2D eigenvalue weighted by atomic mass is 19.4. The van der Waals surface area contributed by atoms with Gasteiger partial charge in [-0.1, -0.05) is 18.2 Å². The van der Waals surface area contributed by atoms with Gasteiger partial charge in [-0.3, -0.25) is 4.98 Å². The van der Waals surface area contributed by atoms with Gasteiger partial charge in [0.05, 0.1) is 0 Å². The summed E-state index contributed by atoms with van der Waals surface area (Å²) in [5, 5.41) is 0. The minimum Gasteiger partial charge on any atom is -0.368 e. The number of rotatable bonds is 2. The fourth-order valence-corrected chi connectivity index (χ4v) is 2.63. The summed E-state index contributed by atoms with van der Waals surface area (Å²) in [6.07, 6.45) is -3.18. The van der Waals surface area contributed by atoms with Crippen LogP contribution in [0.15, 0.2) is 48.7 Å². The third kappa shape index (κ3) is 3.16. The predicted octanol–water partition coefficient (Wildman–Crippen LogP) is 3.43. The van der Waals surface area contributed by atoms with Crippen molar-refractivity contribution in [2.45, 2.75) is 6.18 Å². The molecule has 1 aromatic heterocycles. The van der Waals surface area contributed by atoms with Crippen LogP contribution in [0.3, 0.4) is 0 Å². The molecule has 1 aliphatic rings. The molecule has 3 nitrogen and oxygen atoms in total. The van der Waals surface area contributed by atoms with Crippen LogP contribution in [0.1, 0.15) is 5.69 Å². The molecule has 0 amide bonds. The van der Waals surface area contributed by atoms with E-state index in [0.29, 0.717) is 18.8 Å². The Hall–Kier alpha value is -2.24. The zero-order valence-corrected chi connectivity index (χ0v) is 11.9. The monoisotopic (exact) mass is 307 g/mol. The lowest BCUT2D eigenvalue weighted by molar-refractivity contribution is -0.141. The van der Waals surface area contributed by atoms with E-state index in [4.69, 9.17) is 0 Å². The van der Waals surface area contributed by atoms with E-state index in [-0.39, 0.29) is 0 Å². The highest BCUT2D eigenvalue weighted by Crippen LogP contribution is 2.30. The van der Waals surface area contributed by atoms with Gasteiger partial charge in [0.2, 0.25) is 0 Å². The number of benzene rings is 1. The summed E-state index contributed by atoms with van der Waals surface area (Å²) in [6, 6.07) is 12.8. The SMILES string of the molecule is FC(F)(F)c1cc(N2CCN(c3ccccc3)CC2)ccn1. The summed E-state index contributed by atoms with van der Waals surface area (Å²) in [7, 11) is 0. The van der Waals surface area contributed by atoms with Gasteiger partial charge in [0.25, 0.3) is 0 Å². The number of anilines is 2. The summed E-state index contributed by atoms with van der Waals surface area (Å²) in [4.78, 5) is 7.61. The second-order valence-corrected chi connectivity index (χ2v) is 5.21. The fraction of sp³-hybridized carbons (Fsp3) is 0.312. The Labute approximate surface area is 127 Å². The van der Waals surface area contributed by atoms with Gasteiger partial charge in [-0.2, -0.15) is 13.2 Å². The van der Waals surface area contributed by atoms with Gasteiger partial charge in [0, 0.05) is 43.8 Å². The molecule has 2 heterocycles. The fourth-order valence-electron chi connectivity index (χ4n) is 2.63. The molecule has 2 aromatic rings. The average molecular weight is 307 g/mol. The largest absolute Gasteiger partial charge is 0.433 e. The van der Waals surface area contributed by atoms with Crippen LogP contribution in [0.2, 0.25) is 0 Å². The van der Waals surface area contributed by atoms with E-state index in [1.165, 1.54) is 6.20 Å². The van der Waals surface area contributed by atoms with Crippen LogP contribution in [-0.4, -0.2) is 31.2 Å². The first kappa shape index (κ1) is 14.7. The van der Waals surface area contributed by atoms with Crippen molar-refractivity contribution in [1.29, 1.82) is 0 Å². The molecule has 0 N–H and O–H groups in total. The molecule has 0 atom stereocenters. The van der Waals surface area contributed by atoms with Crippen molar-refractivity contribution in [2.24, 2.45) is 0 Å². The number of hydrogen-bond donors (Lipinski definition) is 0. The second kappa shape index (κ2) is 5.87. The van der Waals surface area contributed by atoms with Gasteiger partial charge >= 0.3 is 6.18 Å². The Morgan fingerprint density at radius 2 is 1.41 bits per heavy atom. The summed E-state index contributed by atoms with van der Waals surface area (Å²) in [6.45, 7) is 2.95. The second-order valence-electron chi connectivity index (χ2n) is 5.21. The Morgan fingerprint density at radius 3 is 2.00 bits per heavy atom. The van der Waals surface area contributed by atoms with Crippen LogP contribution >= 0.6 is 0 Å². The molecule has 0 radical (unpaired) electrons. The quantitative estimate of drug-likeness (QED) is 0.847. The van der Waals surface area contributed by atoms with Crippen molar-refractivity contribution in [2.75, 3.05) is 36.0 Å². The summed E-state index contributed by atoms with van der Waals surface area (Å²) in [5.74, 6) is 0. The van der Waals surface area contributed by atoms with Gasteiger partial charge in [-0.25, -0.2) is 0 Å². The molecule has 1 aliphatic heterocycles. The molecule has 0 bridgehead atoms. The topological polar surface area (TPSA) is 19.4 Å². The number of pyridine rings is 1. The maximum absolute atomic E-state index is 12.7. The third-order valence-corrected chi connectivity index (χ3v) is 3.80. The first-order valence-electron chi connectivity index (χ1n) is 7.12. The highest BCUT2D eigenvalue weighted by Gasteiger charge is 2.33. The number of para-hydroxylation sites is 1. The molecule has 0 saturated carbocycles. The predicted molar refractivity (Wildman–Crippen MR) is 80.1 cm³/mol. The van der Waals surface area contributed by atoms with Gasteiger partial charge in [0.1, 0.15) is 5.69 Å². The molecule has 1 saturated heterocycles. The van der Waals surface area contributed by atoms with Crippen LogP contribution in [-0.2, 0) is 6.18 Å². The van der Waals surface area contributed by atoms with Crippen molar-refractivity contribution >= 4 is 11.4 Å². The molecule has 0 spiro atoms. The summed E-state index contributed by atoms with van der Waals surface area (Å²) >= 11 is 0. The molecule has 1 aromatic carbocycles. The van der Waals surface area contributed by atoms with Crippen LogP contribution in [0.5, 0.6) is 0 Å². The standard InChI is InChI=1S/C16H16F3N3/c17-16(18,19)15-12-14(6-7-20-15)22-10-8-21(9-11-22)13-4-2-1-3-5-13/h1-7,12H,8-11H2. The third-order valence-electron chi connectivity index (χ3n) is 3.80. The number of piperazine rings is 1. The van der Waals surface area contributed by atoms with Crippen LogP contribution in [0, 0.1) is 0 Å². The number of alkyl halides is 3. The summed E-state index contributed by atoms with van der Waals surface area (Å²) in [5.41, 5.74) is 0.887. The van der Waals surface area contributed by atoms with E-state index < -0.39 is 11.9 Å². The van der Waals surface area contributed by atoms with Crippen LogP contribution < -0.4 is 9.80 Å². The number of halogens is 3. The molecule has 116 valence electrons. The van der Waals surface area contributed by atoms with E-state index in [1.54, 1.807) is 6.07 Å². The zero-order chi connectivity index (χ0) is 15.6. The number of nitrogens with zero attached hydrogens (tertiary/aromatic N) is 3. The van der Waals surface area contributed by atoms with Crippen molar-refractivity contribution in [3.8, 4) is 0 Å². The van der Waals surface area contributed by atoms with E-state index in [9.17, 15) is 13.2 Å². The lowest BCUT2D eigenvalue weighted by atomic mass is 10.2. The molecule has 0 aliphatic carbocycles. The first-order valence-corrected chi connectivity index (χ1v) is 7.12. The van der Waals surface area contributed by atoms with Gasteiger partial charge in [-0.15, -0.1) is 0 Å². The molecular formula is C16H16F3N3. The van der Waals surface area contributed by atoms with Crippen LogP contribution in [0.4, 0.5) is 24.5 Å². The molecular weight excluding hydrogens is 291 g/mol. The van der Waals surface area contributed by atoms with Gasteiger partial charge < -0.3 is 9.80 Å². The molecule has 1 fully saturated rings. The van der Waals surface area contributed by atoms with E-state index >= 15 is 0 Å². The van der Waals surface area contributed by atoms with Crippen molar-refractivity contribution in [1.82, 2.24) is 4.98 Å². The minimum atomic E-state index is -4.40. The van der Waals surface area contributed by atoms with Crippen LogP contribution in [0.25, 0.3) is 0 Å². The van der Waals surface area contributed by atoms with E-state index in [0.717, 1.165) is 24.8 Å². The smallest absolute Gasteiger partial charge is 0.368 e. The molecule has 22 heavy (non-hydrogen) atoms. The van der Waals surface area contributed by atoms with Crippen molar-refractivity contribution in [3.05, 3.63) is 54.4 Å². The highest BCUT2D eigenvalue weighted by molar-refractivity contribution is 5.51. The Bertz CT molecular complexity index is 620. The van der Waals surface area contributed by atoms with Crippen molar-refractivity contribution < 1.29 is 13.2 Å². The maximum Gasteiger partial charge on any atom is 0.433 e. The van der Waals surface area contributed by atoms with Gasteiger partial charge in [0.15, 0.2) is 0 Å². The lowest BCUT2D eigenvalue weighted by Crippen LogP contribution is -2.46. The maximum atomic E-state index is 12.7.